The van der Waals surface area contributed by atoms with Crippen LogP contribution in [0.1, 0.15) is 32.6 Å². The smallest absolute Gasteiger partial charge is 0.108 e. The van der Waals surface area contributed by atoms with Gasteiger partial charge in [0.15, 0.2) is 0 Å². The molecule has 3 nitrogen and oxygen atoms in total. The third-order valence-corrected chi connectivity index (χ3v) is 2.89. The molecule has 1 saturated carbocycles. The molecule has 12 heavy (non-hydrogen) atoms. The number of hydrogen-bond donors (Lipinski definition) is 2. The van der Waals surface area contributed by atoms with E-state index in [9.17, 15) is 0 Å². The van der Waals surface area contributed by atoms with Crippen LogP contribution >= 0.6 is 0 Å². The first-order chi connectivity index (χ1) is 5.66. The van der Waals surface area contributed by atoms with E-state index in [1.165, 1.54) is 19.3 Å². The number of nitrogens with zero attached hydrogens (tertiary/aromatic N) is 1. The van der Waals surface area contributed by atoms with Crippen LogP contribution in [0.5, 0.6) is 0 Å². The van der Waals surface area contributed by atoms with E-state index in [2.05, 4.69) is 18.9 Å². The van der Waals surface area contributed by atoms with Crippen LogP contribution < -0.4 is 5.73 Å². The van der Waals surface area contributed by atoms with Gasteiger partial charge in [0.05, 0.1) is 6.04 Å². The fraction of sp³-hybridized carbons (Fsp3) is 0.889. The highest BCUT2D eigenvalue weighted by atomic mass is 15.2. The van der Waals surface area contributed by atoms with Crippen molar-refractivity contribution in [2.75, 3.05) is 7.05 Å². The number of rotatable bonds is 4. The summed E-state index contributed by atoms with van der Waals surface area (Å²) in [7, 11) is 2.08. The molecule has 1 atom stereocenters. The highest BCUT2D eigenvalue weighted by Gasteiger charge is 2.27. The maximum atomic E-state index is 7.41. The molecule has 0 spiro atoms. The Morgan fingerprint density at radius 3 is 2.50 bits per heavy atom. The minimum Gasteiger partial charge on any atom is -0.386 e. The summed E-state index contributed by atoms with van der Waals surface area (Å²) in [6.45, 7) is 2.08. The van der Waals surface area contributed by atoms with Gasteiger partial charge in [-0.2, -0.15) is 0 Å². The lowest BCUT2D eigenvalue weighted by Gasteiger charge is -2.39. The van der Waals surface area contributed by atoms with E-state index in [-0.39, 0.29) is 6.04 Å². The van der Waals surface area contributed by atoms with Crippen molar-refractivity contribution < 1.29 is 0 Å². The van der Waals surface area contributed by atoms with Crippen LogP contribution in [0.25, 0.3) is 0 Å². The van der Waals surface area contributed by atoms with E-state index in [0.29, 0.717) is 11.9 Å². The molecule has 0 saturated heterocycles. The van der Waals surface area contributed by atoms with Gasteiger partial charge in [0.1, 0.15) is 5.84 Å². The summed E-state index contributed by atoms with van der Waals surface area (Å²) in [4.78, 5) is 2.26. The number of likely N-dealkylation sites (N-methyl/N-ethyl adjacent to an activating group) is 1. The second kappa shape index (κ2) is 3.90. The molecule has 3 N–H and O–H groups in total. The zero-order valence-corrected chi connectivity index (χ0v) is 8.01. The molecule has 0 aliphatic heterocycles. The van der Waals surface area contributed by atoms with Gasteiger partial charge in [-0.15, -0.1) is 0 Å². The average Bonchev–Trinajstić information content (AvgIpc) is 1.83. The Morgan fingerprint density at radius 1 is 1.67 bits per heavy atom. The second-order valence-electron chi connectivity index (χ2n) is 3.63. The first-order valence-electron chi connectivity index (χ1n) is 4.72. The molecular formula is C9H19N3. The molecule has 70 valence electrons. The normalized spacial score (nSPS) is 20.6. The Kier molecular flexibility index (Phi) is 3.09. The Bertz CT molecular complexity index is 163. The van der Waals surface area contributed by atoms with Crippen LogP contribution in [-0.4, -0.2) is 29.9 Å². The summed E-state index contributed by atoms with van der Waals surface area (Å²) in [5.41, 5.74) is 5.51. The lowest BCUT2D eigenvalue weighted by molar-refractivity contribution is 0.136. The highest BCUT2D eigenvalue weighted by Crippen LogP contribution is 2.25. The molecule has 0 radical (unpaired) electrons. The Labute approximate surface area is 74.4 Å². The van der Waals surface area contributed by atoms with E-state index in [1.54, 1.807) is 0 Å². The summed E-state index contributed by atoms with van der Waals surface area (Å²) < 4.78 is 0. The quantitative estimate of drug-likeness (QED) is 0.490. The number of nitrogens with one attached hydrogen (secondary N) is 1. The molecule has 1 aliphatic carbocycles. The number of hydrogen-bond acceptors (Lipinski definition) is 2. The molecule has 1 unspecified atom stereocenters. The second-order valence-corrected chi connectivity index (χ2v) is 3.63. The molecule has 1 rings (SSSR count). The van der Waals surface area contributed by atoms with Gasteiger partial charge in [0.25, 0.3) is 0 Å². The van der Waals surface area contributed by atoms with Gasteiger partial charge in [-0.1, -0.05) is 13.3 Å². The molecule has 3 heteroatoms. The van der Waals surface area contributed by atoms with E-state index < -0.39 is 0 Å². The summed E-state index contributed by atoms with van der Waals surface area (Å²) >= 11 is 0. The fourth-order valence-electron chi connectivity index (χ4n) is 1.78. The van der Waals surface area contributed by atoms with Gasteiger partial charge in [-0.05, 0) is 26.3 Å². The molecule has 1 aliphatic rings. The van der Waals surface area contributed by atoms with Crippen molar-refractivity contribution in [1.29, 1.82) is 5.41 Å². The summed E-state index contributed by atoms with van der Waals surface area (Å²) in [5, 5.41) is 7.41. The van der Waals surface area contributed by atoms with Crippen LogP contribution in [0, 0.1) is 5.41 Å². The third kappa shape index (κ3) is 1.78. The first-order valence-corrected chi connectivity index (χ1v) is 4.72. The molecular weight excluding hydrogens is 150 g/mol. The maximum absolute atomic E-state index is 7.41. The van der Waals surface area contributed by atoms with Gasteiger partial charge < -0.3 is 5.73 Å². The molecule has 0 heterocycles. The van der Waals surface area contributed by atoms with Crippen LogP contribution in [-0.2, 0) is 0 Å². The van der Waals surface area contributed by atoms with E-state index in [4.69, 9.17) is 11.1 Å². The van der Waals surface area contributed by atoms with Crippen LogP contribution in [0.15, 0.2) is 0 Å². The predicted octanol–water partition coefficient (Wildman–Crippen LogP) is 1.19. The van der Waals surface area contributed by atoms with Crippen molar-refractivity contribution in [2.24, 2.45) is 5.73 Å². The lowest BCUT2D eigenvalue weighted by atomic mass is 9.90. The van der Waals surface area contributed by atoms with Crippen molar-refractivity contribution in [3.05, 3.63) is 0 Å². The topological polar surface area (TPSA) is 53.1 Å². The van der Waals surface area contributed by atoms with Crippen LogP contribution in [0.2, 0.25) is 0 Å². The minimum atomic E-state index is 0.162. The SMILES string of the molecule is CCC(C(=N)N)N(C)C1CCC1. The standard InChI is InChI=1S/C9H19N3/c1-3-8(9(10)11)12(2)7-5-4-6-7/h7-8H,3-6H2,1-2H3,(H3,10,11). The fourth-order valence-corrected chi connectivity index (χ4v) is 1.78. The van der Waals surface area contributed by atoms with Crippen molar-refractivity contribution in [3.63, 3.8) is 0 Å². The zero-order chi connectivity index (χ0) is 9.14. The van der Waals surface area contributed by atoms with Crippen molar-refractivity contribution in [3.8, 4) is 0 Å². The van der Waals surface area contributed by atoms with Gasteiger partial charge in [0, 0.05) is 6.04 Å². The lowest BCUT2D eigenvalue weighted by Crippen LogP contribution is -2.49. The Morgan fingerprint density at radius 2 is 2.25 bits per heavy atom. The Hall–Kier alpha value is -0.570. The van der Waals surface area contributed by atoms with Crippen molar-refractivity contribution in [1.82, 2.24) is 4.90 Å². The van der Waals surface area contributed by atoms with Gasteiger partial charge in [-0.25, -0.2) is 0 Å². The Balaban J connectivity index is 2.46. The van der Waals surface area contributed by atoms with Gasteiger partial charge in [0.2, 0.25) is 0 Å². The summed E-state index contributed by atoms with van der Waals surface area (Å²) in [5.74, 6) is 0.312. The third-order valence-electron chi connectivity index (χ3n) is 2.89. The monoisotopic (exact) mass is 169 g/mol. The minimum absolute atomic E-state index is 0.162. The van der Waals surface area contributed by atoms with E-state index >= 15 is 0 Å². The molecule has 1 fully saturated rings. The molecule has 0 bridgehead atoms. The van der Waals surface area contributed by atoms with Crippen LogP contribution in [0.4, 0.5) is 0 Å². The van der Waals surface area contributed by atoms with Crippen molar-refractivity contribution in [2.45, 2.75) is 44.7 Å². The van der Waals surface area contributed by atoms with E-state index in [1.807, 2.05) is 0 Å². The van der Waals surface area contributed by atoms with Gasteiger partial charge in [-0.3, -0.25) is 10.3 Å². The maximum Gasteiger partial charge on any atom is 0.108 e. The average molecular weight is 169 g/mol. The first kappa shape index (κ1) is 9.52. The molecule has 0 aromatic rings. The largest absolute Gasteiger partial charge is 0.386 e. The summed E-state index contributed by atoms with van der Waals surface area (Å²) in [6.07, 6.45) is 4.84. The highest BCUT2D eigenvalue weighted by molar-refractivity contribution is 5.82. The molecule has 0 aromatic carbocycles. The predicted molar refractivity (Wildman–Crippen MR) is 51.4 cm³/mol. The van der Waals surface area contributed by atoms with Crippen molar-refractivity contribution >= 4 is 5.84 Å². The number of nitrogens with two attached hydrogens (primary N) is 1. The summed E-state index contributed by atoms with van der Waals surface area (Å²) in [6, 6.07) is 0.842. The van der Waals surface area contributed by atoms with E-state index in [0.717, 1.165) is 6.42 Å². The van der Waals surface area contributed by atoms with Gasteiger partial charge >= 0.3 is 0 Å². The molecule has 0 aromatic heterocycles. The van der Waals surface area contributed by atoms with Crippen LogP contribution in [0.3, 0.4) is 0 Å². The molecule has 0 amide bonds. The number of amidine groups is 1. The zero-order valence-electron chi connectivity index (χ0n) is 8.01.